The minimum Gasteiger partial charge on any atom is -0.391 e. The Morgan fingerprint density at radius 3 is 2.13 bits per heavy atom. The topological polar surface area (TPSA) is 26.7 Å². The van der Waals surface area contributed by atoms with E-state index in [-0.39, 0.29) is 11.5 Å². The molecule has 3 heteroatoms. The monoisotopic (exact) mass is 414 g/mol. The molecular weight excluding hydrogens is 368 g/mol. The Morgan fingerprint density at radius 2 is 1.40 bits per heavy atom. The Morgan fingerprint density at radius 1 is 0.733 bits per heavy atom. The van der Waals surface area contributed by atoms with Gasteiger partial charge in [-0.2, -0.15) is 0 Å². The van der Waals surface area contributed by atoms with Crippen molar-refractivity contribution < 1.29 is 5.11 Å². The van der Waals surface area contributed by atoms with Crippen LogP contribution in [0.25, 0.3) is 0 Å². The molecule has 2 heterocycles. The number of rotatable bonds is 2. The summed E-state index contributed by atoms with van der Waals surface area (Å²) in [6.45, 7) is 10.4. The van der Waals surface area contributed by atoms with E-state index < -0.39 is 0 Å². The smallest absolute Gasteiger partial charge is 0.0751 e. The summed E-state index contributed by atoms with van der Waals surface area (Å²) in [5, 5.41) is 11.5. The van der Waals surface area contributed by atoms with Crippen LogP contribution in [0.1, 0.15) is 90.9 Å². The van der Waals surface area contributed by atoms with Gasteiger partial charge in [0.15, 0.2) is 0 Å². The van der Waals surface area contributed by atoms with Crippen LogP contribution in [0.4, 0.5) is 0 Å². The SMILES string of the molecule is CC12CC(N3CCCC3)CCC1CCC1C2CCC2(C)C1CC(N1CCCC1)[C@@H]2O. The first-order chi connectivity index (χ1) is 14.5. The average molecular weight is 415 g/mol. The molecule has 0 bridgehead atoms. The number of nitrogens with zero attached hydrogens (tertiary/aromatic N) is 2. The van der Waals surface area contributed by atoms with Crippen molar-refractivity contribution in [1.29, 1.82) is 0 Å². The van der Waals surface area contributed by atoms with E-state index in [1.54, 1.807) is 0 Å². The van der Waals surface area contributed by atoms with Gasteiger partial charge >= 0.3 is 0 Å². The van der Waals surface area contributed by atoms with Gasteiger partial charge in [0.1, 0.15) is 0 Å². The molecule has 1 N–H and O–H groups in total. The molecule has 8 unspecified atom stereocenters. The van der Waals surface area contributed by atoms with Crippen LogP contribution in [-0.2, 0) is 0 Å². The summed E-state index contributed by atoms with van der Waals surface area (Å²) < 4.78 is 0. The Labute approximate surface area is 185 Å². The summed E-state index contributed by atoms with van der Waals surface area (Å²) in [6, 6.07) is 1.32. The summed E-state index contributed by atoms with van der Waals surface area (Å²) in [6.07, 6.45) is 16.8. The van der Waals surface area contributed by atoms with Crippen LogP contribution < -0.4 is 0 Å². The highest BCUT2D eigenvalue weighted by atomic mass is 16.3. The van der Waals surface area contributed by atoms with E-state index in [9.17, 15) is 5.11 Å². The second kappa shape index (κ2) is 7.45. The number of aliphatic hydroxyl groups is 1. The third-order valence-electron chi connectivity index (χ3n) is 11.8. The molecule has 30 heavy (non-hydrogen) atoms. The fraction of sp³-hybridized carbons (Fsp3) is 1.00. The molecule has 3 nitrogen and oxygen atoms in total. The van der Waals surface area contributed by atoms with Crippen LogP contribution in [0.3, 0.4) is 0 Å². The van der Waals surface area contributed by atoms with Crippen molar-refractivity contribution in [2.45, 2.75) is 109 Å². The van der Waals surface area contributed by atoms with Crippen LogP contribution in [0.15, 0.2) is 0 Å². The number of likely N-dealkylation sites (tertiary alicyclic amines) is 2. The van der Waals surface area contributed by atoms with Gasteiger partial charge in [-0.25, -0.2) is 0 Å². The normalized spacial score (nSPS) is 54.7. The molecule has 4 saturated carbocycles. The van der Waals surface area contributed by atoms with Gasteiger partial charge in [0.05, 0.1) is 6.10 Å². The molecule has 9 atom stereocenters. The molecule has 0 aromatic carbocycles. The molecule has 0 radical (unpaired) electrons. The maximum Gasteiger partial charge on any atom is 0.0751 e. The lowest BCUT2D eigenvalue weighted by atomic mass is 9.45. The van der Waals surface area contributed by atoms with Gasteiger partial charge in [-0.15, -0.1) is 0 Å². The molecule has 0 amide bonds. The van der Waals surface area contributed by atoms with Crippen molar-refractivity contribution in [3.63, 3.8) is 0 Å². The lowest BCUT2D eigenvalue weighted by Gasteiger charge is -2.61. The zero-order chi connectivity index (χ0) is 20.5. The second-order valence-electron chi connectivity index (χ2n) is 12.9. The van der Waals surface area contributed by atoms with Crippen molar-refractivity contribution in [2.24, 2.45) is 34.5 Å². The molecule has 0 aromatic rings. The average Bonchev–Trinajstić information content (AvgIpc) is 3.49. The van der Waals surface area contributed by atoms with Crippen molar-refractivity contribution in [3.05, 3.63) is 0 Å². The third-order valence-corrected chi connectivity index (χ3v) is 11.8. The maximum absolute atomic E-state index is 11.5. The molecule has 0 spiro atoms. The maximum atomic E-state index is 11.5. The van der Waals surface area contributed by atoms with Crippen molar-refractivity contribution in [2.75, 3.05) is 26.2 Å². The quantitative estimate of drug-likeness (QED) is 0.694. The molecule has 170 valence electrons. The minimum atomic E-state index is -0.0872. The highest BCUT2D eigenvalue weighted by molar-refractivity contribution is 5.13. The highest BCUT2D eigenvalue weighted by Gasteiger charge is 2.63. The van der Waals surface area contributed by atoms with Crippen molar-refractivity contribution in [3.8, 4) is 0 Å². The van der Waals surface area contributed by atoms with E-state index in [1.807, 2.05) is 0 Å². The fourth-order valence-electron chi connectivity index (χ4n) is 10.2. The molecule has 2 saturated heterocycles. The second-order valence-corrected chi connectivity index (χ2v) is 12.9. The third kappa shape index (κ3) is 2.93. The van der Waals surface area contributed by atoms with Crippen LogP contribution in [0, 0.1) is 34.5 Å². The van der Waals surface area contributed by atoms with Gasteiger partial charge in [-0.05, 0) is 138 Å². The summed E-state index contributed by atoms with van der Waals surface area (Å²) in [7, 11) is 0. The molecule has 2 aliphatic heterocycles. The van der Waals surface area contributed by atoms with E-state index in [2.05, 4.69) is 23.6 Å². The summed E-state index contributed by atoms with van der Waals surface area (Å²) in [5.74, 6) is 3.54. The van der Waals surface area contributed by atoms with Crippen LogP contribution in [0.5, 0.6) is 0 Å². The van der Waals surface area contributed by atoms with E-state index >= 15 is 0 Å². The summed E-state index contributed by atoms with van der Waals surface area (Å²) in [5.41, 5.74) is 0.743. The largest absolute Gasteiger partial charge is 0.391 e. The van der Waals surface area contributed by atoms with E-state index in [0.29, 0.717) is 11.5 Å². The minimum absolute atomic E-state index is 0.0872. The van der Waals surface area contributed by atoms with Gasteiger partial charge in [0, 0.05) is 12.1 Å². The van der Waals surface area contributed by atoms with Gasteiger partial charge < -0.3 is 10.0 Å². The number of hydrogen-bond acceptors (Lipinski definition) is 3. The fourth-order valence-corrected chi connectivity index (χ4v) is 10.2. The van der Waals surface area contributed by atoms with E-state index in [0.717, 1.165) is 29.7 Å². The van der Waals surface area contributed by atoms with Gasteiger partial charge in [0.2, 0.25) is 0 Å². The van der Waals surface area contributed by atoms with E-state index in [1.165, 1.54) is 103 Å². The molecule has 6 fully saturated rings. The van der Waals surface area contributed by atoms with Gasteiger partial charge in [-0.1, -0.05) is 13.8 Å². The Balaban J connectivity index is 1.25. The number of aliphatic hydroxyl groups excluding tert-OH is 1. The zero-order valence-electron chi connectivity index (χ0n) is 19.7. The number of fused-ring (bicyclic) bond motifs is 5. The first-order valence-electron chi connectivity index (χ1n) is 13.7. The van der Waals surface area contributed by atoms with Crippen molar-refractivity contribution in [1.82, 2.24) is 9.80 Å². The molecular formula is C27H46N2O. The first-order valence-corrected chi connectivity index (χ1v) is 13.7. The summed E-state index contributed by atoms with van der Waals surface area (Å²) >= 11 is 0. The molecule has 6 aliphatic rings. The van der Waals surface area contributed by atoms with Crippen LogP contribution >= 0.6 is 0 Å². The Kier molecular flexibility index (Phi) is 5.09. The van der Waals surface area contributed by atoms with Crippen LogP contribution in [-0.4, -0.2) is 59.3 Å². The Hall–Kier alpha value is -0.120. The van der Waals surface area contributed by atoms with Crippen molar-refractivity contribution >= 4 is 0 Å². The molecule has 0 aromatic heterocycles. The highest BCUT2D eigenvalue weighted by Crippen LogP contribution is 2.66. The molecule has 6 rings (SSSR count). The zero-order valence-corrected chi connectivity index (χ0v) is 19.7. The van der Waals surface area contributed by atoms with Crippen LogP contribution in [0.2, 0.25) is 0 Å². The molecule has 4 aliphatic carbocycles. The summed E-state index contributed by atoms with van der Waals surface area (Å²) in [4.78, 5) is 5.53. The Bertz CT molecular complexity index is 641. The lowest BCUT2D eigenvalue weighted by Crippen LogP contribution is -2.56. The lowest BCUT2D eigenvalue weighted by molar-refractivity contribution is -0.131. The van der Waals surface area contributed by atoms with Gasteiger partial charge in [0.25, 0.3) is 0 Å². The predicted molar refractivity (Wildman–Crippen MR) is 122 cm³/mol. The van der Waals surface area contributed by atoms with E-state index in [4.69, 9.17) is 0 Å². The standard InChI is InChI=1S/C27H46N2O/c1-26-12-11-22-21(23(26)17-24(25(26)30)29-15-5-6-16-29)10-8-19-7-9-20(18-27(19,22)2)28-13-3-4-14-28/h19-25,30H,3-18H2,1-2H3/t19?,20?,21?,22?,23?,24?,25-,26?,27?/m0/s1. The first kappa shape index (κ1) is 20.5. The van der Waals surface area contributed by atoms with Gasteiger partial charge in [-0.3, -0.25) is 4.90 Å². The predicted octanol–water partition coefficient (Wildman–Crippen LogP) is 4.93. The number of hydrogen-bond donors (Lipinski definition) is 1.